The number of nitrogens with one attached hydrogen (secondary N) is 1. The molecule has 0 aliphatic heterocycles. The first kappa shape index (κ1) is 21.5. The zero-order valence-corrected chi connectivity index (χ0v) is 17.3. The Morgan fingerprint density at radius 2 is 1.96 bits per heavy atom. The van der Waals surface area contributed by atoms with Crippen molar-refractivity contribution in [2.75, 3.05) is 25.2 Å². The Labute approximate surface area is 170 Å². The van der Waals surface area contributed by atoms with Crippen LogP contribution in [0.1, 0.15) is 0 Å². The maximum absolute atomic E-state index is 12.5. The number of carbonyl (C=O) groups excluding carboxylic acids is 1. The summed E-state index contributed by atoms with van der Waals surface area (Å²) in [5, 5.41) is 10.4. The Bertz CT molecular complexity index is 955. The van der Waals surface area contributed by atoms with E-state index in [0.29, 0.717) is 10.2 Å². The standard InChI is InChI=1S/C16H17BrClN3O5S/c1-26-9-8-20-27(24,25)15-11(18)6-7-13(14(15)22)21(16(19)23)12-5-3-2-4-10(12)17/h2-7,20,22H,8-9H2,1H3,(H2,19,23). The van der Waals surface area contributed by atoms with Crippen molar-refractivity contribution >= 4 is 55.0 Å². The molecule has 0 saturated heterocycles. The molecule has 0 aliphatic rings. The molecule has 0 saturated carbocycles. The van der Waals surface area contributed by atoms with Gasteiger partial charge in [0.05, 0.1) is 23.0 Å². The Morgan fingerprint density at radius 3 is 2.56 bits per heavy atom. The number of phenolic OH excluding ortho intramolecular Hbond substituents is 1. The van der Waals surface area contributed by atoms with E-state index in [1.807, 2.05) is 0 Å². The van der Waals surface area contributed by atoms with Crippen LogP contribution in [0.15, 0.2) is 45.8 Å². The Kier molecular flexibility index (Phi) is 7.06. The van der Waals surface area contributed by atoms with Gasteiger partial charge in [0.1, 0.15) is 4.90 Å². The number of methoxy groups -OCH3 is 1. The van der Waals surface area contributed by atoms with Gasteiger partial charge in [0.2, 0.25) is 10.0 Å². The minimum Gasteiger partial charge on any atom is -0.504 e. The fourth-order valence-corrected chi connectivity index (χ4v) is 4.42. The Hall–Kier alpha value is -1.85. The summed E-state index contributed by atoms with van der Waals surface area (Å²) in [7, 11) is -2.75. The molecule has 2 amide bonds. The lowest BCUT2D eigenvalue weighted by molar-refractivity contribution is 0.204. The van der Waals surface area contributed by atoms with Gasteiger partial charge in [-0.2, -0.15) is 0 Å². The third kappa shape index (κ3) is 4.71. The van der Waals surface area contributed by atoms with Crippen LogP contribution in [0.2, 0.25) is 5.02 Å². The quantitative estimate of drug-likeness (QED) is 0.528. The molecule has 146 valence electrons. The van der Waals surface area contributed by atoms with E-state index in [4.69, 9.17) is 22.1 Å². The topological polar surface area (TPSA) is 122 Å². The first-order valence-corrected chi connectivity index (χ1v) is 10.2. The van der Waals surface area contributed by atoms with Crippen molar-refractivity contribution in [3.8, 4) is 5.75 Å². The van der Waals surface area contributed by atoms with Crippen molar-refractivity contribution < 1.29 is 23.1 Å². The molecule has 0 aliphatic carbocycles. The van der Waals surface area contributed by atoms with Crippen LogP contribution in [0.5, 0.6) is 5.75 Å². The third-order valence-corrected chi connectivity index (χ3v) is 6.12. The number of phenols is 1. The average molecular weight is 479 g/mol. The number of nitrogens with zero attached hydrogens (tertiary/aromatic N) is 1. The molecule has 0 atom stereocenters. The summed E-state index contributed by atoms with van der Waals surface area (Å²) in [5.41, 5.74) is 5.66. The van der Waals surface area contributed by atoms with Gasteiger partial charge in [-0.05, 0) is 40.2 Å². The molecule has 0 spiro atoms. The smallest absolute Gasteiger partial charge is 0.324 e. The maximum atomic E-state index is 12.5. The first-order valence-electron chi connectivity index (χ1n) is 7.55. The number of hydrogen-bond donors (Lipinski definition) is 3. The molecule has 2 aromatic rings. The van der Waals surface area contributed by atoms with Crippen LogP contribution in [0.25, 0.3) is 0 Å². The molecular weight excluding hydrogens is 462 g/mol. The van der Waals surface area contributed by atoms with E-state index in [0.717, 1.165) is 4.90 Å². The summed E-state index contributed by atoms with van der Waals surface area (Å²) in [4.78, 5) is 12.5. The summed E-state index contributed by atoms with van der Waals surface area (Å²) in [6.45, 7) is 0.101. The zero-order valence-electron chi connectivity index (χ0n) is 14.1. The maximum Gasteiger partial charge on any atom is 0.324 e. The highest BCUT2D eigenvalue weighted by atomic mass is 79.9. The number of urea groups is 1. The number of benzene rings is 2. The SMILES string of the molecule is COCCNS(=O)(=O)c1c(Cl)ccc(N(C(N)=O)c2ccccc2Br)c1O. The highest BCUT2D eigenvalue weighted by Gasteiger charge is 2.29. The number of carbonyl (C=O) groups is 1. The number of anilines is 2. The molecule has 27 heavy (non-hydrogen) atoms. The molecule has 11 heteroatoms. The zero-order chi connectivity index (χ0) is 20.2. The third-order valence-electron chi connectivity index (χ3n) is 3.48. The van der Waals surface area contributed by atoms with Gasteiger partial charge < -0.3 is 15.6 Å². The van der Waals surface area contributed by atoms with Crippen molar-refractivity contribution in [3.63, 3.8) is 0 Å². The van der Waals surface area contributed by atoms with Crippen LogP contribution < -0.4 is 15.4 Å². The lowest BCUT2D eigenvalue weighted by atomic mass is 10.2. The number of ether oxygens (including phenoxy) is 1. The lowest BCUT2D eigenvalue weighted by Gasteiger charge is -2.24. The first-order chi connectivity index (χ1) is 12.7. The van der Waals surface area contributed by atoms with Crippen LogP contribution in [0, 0.1) is 0 Å². The van der Waals surface area contributed by atoms with Crippen molar-refractivity contribution in [2.45, 2.75) is 4.90 Å². The van der Waals surface area contributed by atoms with Gasteiger partial charge in [0.15, 0.2) is 5.75 Å². The van der Waals surface area contributed by atoms with Crippen molar-refractivity contribution in [1.29, 1.82) is 0 Å². The van der Waals surface area contributed by atoms with Gasteiger partial charge in [-0.3, -0.25) is 4.90 Å². The monoisotopic (exact) mass is 477 g/mol. The van der Waals surface area contributed by atoms with Crippen molar-refractivity contribution in [3.05, 3.63) is 45.9 Å². The summed E-state index contributed by atoms with van der Waals surface area (Å²) < 4.78 is 32.7. The molecule has 0 unspecified atom stereocenters. The van der Waals surface area contributed by atoms with Crippen LogP contribution in [0.4, 0.5) is 16.2 Å². The lowest BCUT2D eigenvalue weighted by Crippen LogP contribution is -2.32. The van der Waals surface area contributed by atoms with E-state index >= 15 is 0 Å². The van der Waals surface area contributed by atoms with Gasteiger partial charge in [-0.15, -0.1) is 0 Å². The molecular formula is C16H17BrClN3O5S. The summed E-state index contributed by atoms with van der Waals surface area (Å²) in [5.74, 6) is -0.707. The minimum absolute atomic E-state index is 0.0252. The largest absolute Gasteiger partial charge is 0.504 e. The molecule has 4 N–H and O–H groups in total. The van der Waals surface area contributed by atoms with Crippen LogP contribution >= 0.6 is 27.5 Å². The van der Waals surface area contributed by atoms with Crippen LogP contribution in [-0.2, 0) is 14.8 Å². The molecule has 0 aromatic heterocycles. The van der Waals surface area contributed by atoms with E-state index in [9.17, 15) is 18.3 Å². The number of rotatable bonds is 7. The predicted molar refractivity (Wildman–Crippen MR) is 106 cm³/mol. The van der Waals surface area contributed by atoms with Gasteiger partial charge in [-0.25, -0.2) is 17.9 Å². The number of hydrogen-bond acceptors (Lipinski definition) is 5. The number of halogens is 2. The second-order valence-electron chi connectivity index (χ2n) is 5.26. The average Bonchev–Trinajstić information content (AvgIpc) is 2.58. The number of amides is 2. The highest BCUT2D eigenvalue weighted by molar-refractivity contribution is 9.10. The molecule has 0 fully saturated rings. The number of sulfonamides is 1. The fraction of sp³-hybridized carbons (Fsp3) is 0.188. The molecule has 0 heterocycles. The van der Waals surface area contributed by atoms with E-state index in [1.54, 1.807) is 24.3 Å². The van der Waals surface area contributed by atoms with Gasteiger partial charge in [0.25, 0.3) is 0 Å². The van der Waals surface area contributed by atoms with Gasteiger partial charge >= 0.3 is 6.03 Å². The summed E-state index contributed by atoms with van der Waals surface area (Å²) >= 11 is 9.31. The number of aromatic hydroxyl groups is 1. The Balaban J connectivity index is 2.62. The normalized spacial score (nSPS) is 11.4. The second kappa shape index (κ2) is 8.89. The number of nitrogens with two attached hydrogens (primary N) is 1. The summed E-state index contributed by atoms with van der Waals surface area (Å²) in [6, 6.07) is 8.27. The number of para-hydroxylation sites is 1. The van der Waals surface area contributed by atoms with Gasteiger partial charge in [0, 0.05) is 18.1 Å². The van der Waals surface area contributed by atoms with Crippen molar-refractivity contribution in [1.82, 2.24) is 4.72 Å². The second-order valence-corrected chi connectivity index (χ2v) is 8.23. The van der Waals surface area contributed by atoms with E-state index in [1.165, 1.54) is 19.2 Å². The van der Waals surface area contributed by atoms with Crippen LogP contribution in [0.3, 0.4) is 0 Å². The minimum atomic E-state index is -4.17. The Morgan fingerprint density at radius 1 is 1.30 bits per heavy atom. The van der Waals surface area contributed by atoms with E-state index in [2.05, 4.69) is 20.7 Å². The summed E-state index contributed by atoms with van der Waals surface area (Å²) in [6.07, 6.45) is 0. The molecule has 0 radical (unpaired) electrons. The molecule has 2 rings (SSSR count). The highest BCUT2D eigenvalue weighted by Crippen LogP contribution is 2.42. The van der Waals surface area contributed by atoms with Crippen molar-refractivity contribution in [2.24, 2.45) is 5.73 Å². The van der Waals surface area contributed by atoms with Gasteiger partial charge in [-0.1, -0.05) is 23.7 Å². The van der Waals surface area contributed by atoms with Crippen LogP contribution in [-0.4, -0.2) is 39.8 Å². The number of primary amides is 1. The predicted octanol–water partition coefficient (Wildman–Crippen LogP) is 2.95. The molecule has 2 aromatic carbocycles. The van der Waals surface area contributed by atoms with E-state index < -0.39 is 26.7 Å². The fourth-order valence-electron chi connectivity index (χ4n) is 2.32. The molecule has 8 nitrogen and oxygen atoms in total. The van der Waals surface area contributed by atoms with E-state index in [-0.39, 0.29) is 23.9 Å². The molecule has 0 bridgehead atoms.